The van der Waals surface area contributed by atoms with E-state index in [2.05, 4.69) is 120 Å². The topological polar surface area (TPSA) is 38.7 Å². The van der Waals surface area contributed by atoms with Crippen LogP contribution in [0.5, 0.6) is 0 Å². The second-order valence-corrected chi connectivity index (χ2v) is 11.3. The average molecular weight is 560 g/mol. The van der Waals surface area contributed by atoms with Gasteiger partial charge < -0.3 is 0 Å². The lowest BCUT2D eigenvalue weighted by Gasteiger charge is -2.19. The number of hydrogen-bond acceptors (Lipinski definition) is 3. The van der Waals surface area contributed by atoms with Crippen molar-refractivity contribution in [3.8, 4) is 33.6 Å². The standard InChI is InChI=1S/C41H25N3/c1-2-9-28-23-38-29(22-27(28)8-1)16-17-32-31(38)14-7-15-33(32)40-36-12-5-3-10-34(36)39(35-11-4-6-13-37(35)40)30-24-43-41(44-25-30)26-18-20-42-21-19-26/h1-25H. The maximum Gasteiger partial charge on any atom is 0.159 e. The summed E-state index contributed by atoms with van der Waals surface area (Å²) in [4.78, 5) is 13.7. The molecular formula is C41H25N3. The average Bonchev–Trinajstić information content (AvgIpc) is 3.10. The van der Waals surface area contributed by atoms with Crippen molar-refractivity contribution in [3.05, 3.63) is 152 Å². The number of rotatable bonds is 3. The number of pyridine rings is 1. The van der Waals surface area contributed by atoms with E-state index in [9.17, 15) is 0 Å². The van der Waals surface area contributed by atoms with E-state index in [1.54, 1.807) is 12.4 Å². The van der Waals surface area contributed by atoms with Gasteiger partial charge in [0.1, 0.15) is 0 Å². The Kier molecular flexibility index (Phi) is 5.50. The van der Waals surface area contributed by atoms with E-state index >= 15 is 0 Å². The molecule has 44 heavy (non-hydrogen) atoms. The smallest absolute Gasteiger partial charge is 0.159 e. The zero-order chi connectivity index (χ0) is 29.0. The molecule has 0 aliphatic carbocycles. The molecule has 0 radical (unpaired) electrons. The van der Waals surface area contributed by atoms with Gasteiger partial charge in [0.15, 0.2) is 5.82 Å². The molecule has 0 spiro atoms. The first-order valence-electron chi connectivity index (χ1n) is 14.8. The zero-order valence-electron chi connectivity index (χ0n) is 23.8. The fourth-order valence-corrected chi connectivity index (χ4v) is 6.84. The van der Waals surface area contributed by atoms with Gasteiger partial charge in [-0.15, -0.1) is 0 Å². The summed E-state index contributed by atoms with van der Waals surface area (Å²) in [5, 5.41) is 12.4. The number of nitrogens with zero attached hydrogens (tertiary/aromatic N) is 3. The molecule has 204 valence electrons. The molecule has 9 aromatic rings. The number of hydrogen-bond donors (Lipinski definition) is 0. The van der Waals surface area contributed by atoms with Gasteiger partial charge in [0, 0.05) is 41.5 Å². The van der Waals surface area contributed by atoms with Crippen LogP contribution < -0.4 is 0 Å². The Bertz CT molecular complexity index is 2480. The van der Waals surface area contributed by atoms with Crippen molar-refractivity contribution in [2.75, 3.05) is 0 Å². The first kappa shape index (κ1) is 24.6. The Balaban J connectivity index is 1.32. The molecule has 0 unspecified atom stereocenters. The van der Waals surface area contributed by atoms with E-state index in [0.717, 1.165) is 16.7 Å². The van der Waals surface area contributed by atoms with E-state index in [-0.39, 0.29) is 0 Å². The molecule has 0 saturated heterocycles. The molecule has 0 amide bonds. The maximum absolute atomic E-state index is 4.77. The zero-order valence-corrected chi connectivity index (χ0v) is 23.8. The summed E-state index contributed by atoms with van der Waals surface area (Å²) in [7, 11) is 0. The second-order valence-electron chi connectivity index (χ2n) is 11.3. The molecule has 7 aromatic carbocycles. The van der Waals surface area contributed by atoms with E-state index in [0.29, 0.717) is 5.82 Å². The van der Waals surface area contributed by atoms with E-state index in [1.807, 2.05) is 24.5 Å². The van der Waals surface area contributed by atoms with Crippen molar-refractivity contribution in [1.29, 1.82) is 0 Å². The van der Waals surface area contributed by atoms with Gasteiger partial charge in [-0.25, -0.2) is 9.97 Å². The lowest BCUT2D eigenvalue weighted by Crippen LogP contribution is -1.94. The number of fused-ring (bicyclic) bond motifs is 6. The van der Waals surface area contributed by atoms with Crippen LogP contribution in [0.1, 0.15) is 0 Å². The van der Waals surface area contributed by atoms with Gasteiger partial charge in [0.2, 0.25) is 0 Å². The monoisotopic (exact) mass is 559 g/mol. The Morgan fingerprint density at radius 1 is 0.364 bits per heavy atom. The minimum atomic E-state index is 0.692. The quantitative estimate of drug-likeness (QED) is 0.160. The van der Waals surface area contributed by atoms with Crippen LogP contribution in [-0.4, -0.2) is 15.0 Å². The molecule has 2 heterocycles. The number of aromatic nitrogens is 3. The van der Waals surface area contributed by atoms with Crippen LogP contribution in [0, 0.1) is 0 Å². The first-order chi connectivity index (χ1) is 21.8. The third kappa shape index (κ3) is 3.80. The van der Waals surface area contributed by atoms with Crippen LogP contribution in [0.4, 0.5) is 0 Å². The summed E-state index contributed by atoms with van der Waals surface area (Å²) < 4.78 is 0. The molecular weight excluding hydrogens is 534 g/mol. The SMILES string of the molecule is c1ccc2cc3c(ccc4c(-c5c6ccccc6c(-c6cnc(-c7ccncc7)nc6)c6ccccc56)cccc43)cc2c1. The van der Waals surface area contributed by atoms with Crippen molar-refractivity contribution in [2.45, 2.75) is 0 Å². The highest BCUT2D eigenvalue weighted by Gasteiger charge is 2.19. The molecule has 9 rings (SSSR count). The highest BCUT2D eigenvalue weighted by molar-refractivity contribution is 6.25. The van der Waals surface area contributed by atoms with Gasteiger partial charge in [0.05, 0.1) is 0 Å². The number of benzene rings is 7. The Morgan fingerprint density at radius 3 is 1.64 bits per heavy atom. The molecule has 0 aliphatic heterocycles. The fourth-order valence-electron chi connectivity index (χ4n) is 6.84. The molecule has 2 aromatic heterocycles. The normalized spacial score (nSPS) is 11.6. The third-order valence-corrected chi connectivity index (χ3v) is 8.82. The van der Waals surface area contributed by atoms with Crippen molar-refractivity contribution in [3.63, 3.8) is 0 Å². The highest BCUT2D eigenvalue weighted by Crippen LogP contribution is 2.45. The summed E-state index contributed by atoms with van der Waals surface area (Å²) in [5.74, 6) is 0.692. The lowest BCUT2D eigenvalue weighted by molar-refractivity contribution is 1.17. The summed E-state index contributed by atoms with van der Waals surface area (Å²) in [5.41, 5.74) is 5.59. The molecule has 0 saturated carbocycles. The van der Waals surface area contributed by atoms with E-state index in [4.69, 9.17) is 9.97 Å². The predicted octanol–water partition coefficient (Wildman–Crippen LogP) is 10.6. The molecule has 3 heteroatoms. The van der Waals surface area contributed by atoms with E-state index in [1.165, 1.54) is 65.0 Å². The molecule has 0 aliphatic rings. The Hall–Kier alpha value is -5.93. The fraction of sp³-hybridized carbons (Fsp3) is 0. The minimum absolute atomic E-state index is 0.692. The van der Waals surface area contributed by atoms with Crippen molar-refractivity contribution >= 4 is 53.9 Å². The molecule has 0 bridgehead atoms. The van der Waals surface area contributed by atoms with Gasteiger partial charge in [-0.2, -0.15) is 0 Å². The summed E-state index contributed by atoms with van der Waals surface area (Å²) >= 11 is 0. The van der Waals surface area contributed by atoms with Gasteiger partial charge in [-0.1, -0.05) is 103 Å². The summed E-state index contributed by atoms with van der Waals surface area (Å²) in [6.45, 7) is 0. The van der Waals surface area contributed by atoms with Gasteiger partial charge in [-0.05, 0) is 89.3 Å². The van der Waals surface area contributed by atoms with Gasteiger partial charge in [-0.3, -0.25) is 4.98 Å². The van der Waals surface area contributed by atoms with Crippen LogP contribution in [0.3, 0.4) is 0 Å². The van der Waals surface area contributed by atoms with Crippen molar-refractivity contribution < 1.29 is 0 Å². The molecule has 3 nitrogen and oxygen atoms in total. The first-order valence-corrected chi connectivity index (χ1v) is 14.8. The Morgan fingerprint density at radius 2 is 0.955 bits per heavy atom. The van der Waals surface area contributed by atoms with Crippen molar-refractivity contribution in [1.82, 2.24) is 15.0 Å². The predicted molar refractivity (Wildman–Crippen MR) is 184 cm³/mol. The second kappa shape index (κ2) is 9.82. The van der Waals surface area contributed by atoms with Crippen LogP contribution in [0.25, 0.3) is 87.5 Å². The summed E-state index contributed by atoms with van der Waals surface area (Å²) in [6, 6.07) is 45.9. The van der Waals surface area contributed by atoms with E-state index < -0.39 is 0 Å². The van der Waals surface area contributed by atoms with Gasteiger partial charge >= 0.3 is 0 Å². The molecule has 0 fully saturated rings. The summed E-state index contributed by atoms with van der Waals surface area (Å²) in [6.07, 6.45) is 7.44. The van der Waals surface area contributed by atoms with Crippen molar-refractivity contribution in [2.24, 2.45) is 0 Å². The van der Waals surface area contributed by atoms with Crippen LogP contribution >= 0.6 is 0 Å². The maximum atomic E-state index is 4.77. The minimum Gasteiger partial charge on any atom is -0.265 e. The highest BCUT2D eigenvalue weighted by atomic mass is 14.9. The lowest BCUT2D eigenvalue weighted by atomic mass is 9.84. The van der Waals surface area contributed by atoms with Crippen LogP contribution in [0.2, 0.25) is 0 Å². The van der Waals surface area contributed by atoms with Crippen LogP contribution in [0.15, 0.2) is 152 Å². The molecule has 0 N–H and O–H groups in total. The Labute approximate surface area is 254 Å². The third-order valence-electron chi connectivity index (χ3n) is 8.82. The van der Waals surface area contributed by atoms with Gasteiger partial charge in [0.25, 0.3) is 0 Å². The largest absolute Gasteiger partial charge is 0.265 e. The van der Waals surface area contributed by atoms with Crippen LogP contribution in [-0.2, 0) is 0 Å². The molecule has 0 atom stereocenters.